The van der Waals surface area contributed by atoms with Crippen molar-refractivity contribution >= 4 is 17.2 Å². The molecule has 2 N–H and O–H groups in total. The molecule has 0 bridgehead atoms. The summed E-state index contributed by atoms with van der Waals surface area (Å²) in [7, 11) is 0. The highest BCUT2D eigenvalue weighted by atomic mass is 32.1. The molecule has 2 atom stereocenters. The van der Waals surface area contributed by atoms with Crippen LogP contribution in [0.5, 0.6) is 0 Å². The molecular formula is C13H19NO2S. The predicted octanol–water partition coefficient (Wildman–Crippen LogP) is 2.42. The van der Waals surface area contributed by atoms with Gasteiger partial charge < -0.3 is 10.4 Å². The molecule has 1 heterocycles. The second-order valence-electron chi connectivity index (χ2n) is 5.09. The van der Waals surface area contributed by atoms with Crippen LogP contribution in [0.3, 0.4) is 0 Å². The van der Waals surface area contributed by atoms with Crippen molar-refractivity contribution in [2.75, 3.05) is 6.54 Å². The Bertz CT molecular complexity index is 377. The SMILES string of the molecule is CC1CCCC(O)(CNC(=O)c2cccs2)C1. The van der Waals surface area contributed by atoms with E-state index < -0.39 is 5.60 Å². The van der Waals surface area contributed by atoms with E-state index in [2.05, 4.69) is 12.2 Å². The quantitative estimate of drug-likeness (QED) is 0.869. The molecule has 0 radical (unpaired) electrons. The topological polar surface area (TPSA) is 49.3 Å². The van der Waals surface area contributed by atoms with Crippen molar-refractivity contribution in [2.24, 2.45) is 5.92 Å². The van der Waals surface area contributed by atoms with Gasteiger partial charge in [0.1, 0.15) is 0 Å². The third kappa shape index (κ3) is 3.30. The highest BCUT2D eigenvalue weighted by molar-refractivity contribution is 7.12. The second-order valence-corrected chi connectivity index (χ2v) is 6.03. The molecule has 1 aliphatic carbocycles. The molecule has 0 aromatic carbocycles. The Kier molecular flexibility index (Phi) is 3.84. The maximum Gasteiger partial charge on any atom is 0.261 e. The molecule has 0 aliphatic heterocycles. The number of hydrogen-bond acceptors (Lipinski definition) is 3. The smallest absolute Gasteiger partial charge is 0.261 e. The largest absolute Gasteiger partial charge is 0.388 e. The molecule has 94 valence electrons. The number of carbonyl (C=O) groups excluding carboxylic acids is 1. The maximum absolute atomic E-state index is 11.8. The lowest BCUT2D eigenvalue weighted by Crippen LogP contribution is -2.45. The van der Waals surface area contributed by atoms with E-state index in [1.807, 2.05) is 11.4 Å². The average Bonchev–Trinajstić information content (AvgIpc) is 2.79. The first-order chi connectivity index (χ1) is 8.09. The lowest BCUT2D eigenvalue weighted by atomic mass is 9.79. The average molecular weight is 253 g/mol. The summed E-state index contributed by atoms with van der Waals surface area (Å²) in [6.45, 7) is 2.53. The lowest BCUT2D eigenvalue weighted by molar-refractivity contribution is -0.0109. The Morgan fingerprint density at radius 2 is 2.53 bits per heavy atom. The summed E-state index contributed by atoms with van der Waals surface area (Å²) in [4.78, 5) is 12.5. The van der Waals surface area contributed by atoms with Gasteiger partial charge in [-0.05, 0) is 30.2 Å². The number of nitrogens with one attached hydrogen (secondary N) is 1. The van der Waals surface area contributed by atoms with Gasteiger partial charge in [0.25, 0.3) is 5.91 Å². The third-order valence-corrected chi connectivity index (χ3v) is 4.26. The summed E-state index contributed by atoms with van der Waals surface area (Å²) in [6.07, 6.45) is 3.81. The van der Waals surface area contributed by atoms with Crippen LogP contribution in [-0.2, 0) is 0 Å². The normalized spacial score (nSPS) is 28.9. The van der Waals surface area contributed by atoms with E-state index in [4.69, 9.17) is 0 Å². The van der Waals surface area contributed by atoms with Crippen molar-refractivity contribution in [3.63, 3.8) is 0 Å². The summed E-state index contributed by atoms with van der Waals surface area (Å²) in [6, 6.07) is 3.66. The number of amides is 1. The van der Waals surface area contributed by atoms with Gasteiger partial charge in [-0.3, -0.25) is 4.79 Å². The van der Waals surface area contributed by atoms with Gasteiger partial charge in [0.05, 0.1) is 10.5 Å². The molecule has 3 nitrogen and oxygen atoms in total. The zero-order chi connectivity index (χ0) is 12.3. The summed E-state index contributed by atoms with van der Waals surface area (Å²) in [5.74, 6) is 0.471. The Hall–Kier alpha value is -0.870. The van der Waals surface area contributed by atoms with Gasteiger partial charge in [0, 0.05) is 6.54 Å². The van der Waals surface area contributed by atoms with Gasteiger partial charge in [-0.15, -0.1) is 11.3 Å². The molecule has 1 aliphatic rings. The van der Waals surface area contributed by atoms with Crippen molar-refractivity contribution in [1.82, 2.24) is 5.32 Å². The number of thiophene rings is 1. The molecule has 1 fully saturated rings. The van der Waals surface area contributed by atoms with E-state index >= 15 is 0 Å². The van der Waals surface area contributed by atoms with Gasteiger partial charge in [-0.1, -0.05) is 25.8 Å². The monoisotopic (exact) mass is 253 g/mol. The number of carbonyl (C=O) groups is 1. The van der Waals surface area contributed by atoms with Crippen molar-refractivity contribution in [1.29, 1.82) is 0 Å². The number of hydrogen-bond donors (Lipinski definition) is 2. The van der Waals surface area contributed by atoms with E-state index in [1.165, 1.54) is 17.8 Å². The molecular weight excluding hydrogens is 234 g/mol. The van der Waals surface area contributed by atoms with E-state index in [1.54, 1.807) is 6.07 Å². The van der Waals surface area contributed by atoms with Crippen molar-refractivity contribution < 1.29 is 9.90 Å². The highest BCUT2D eigenvalue weighted by Gasteiger charge is 2.32. The molecule has 2 rings (SSSR count). The Morgan fingerprint density at radius 1 is 1.71 bits per heavy atom. The third-order valence-electron chi connectivity index (χ3n) is 3.39. The fourth-order valence-electron chi connectivity index (χ4n) is 2.53. The minimum Gasteiger partial charge on any atom is -0.388 e. The highest BCUT2D eigenvalue weighted by Crippen LogP contribution is 2.31. The van der Waals surface area contributed by atoms with Gasteiger partial charge >= 0.3 is 0 Å². The second kappa shape index (κ2) is 5.19. The Balaban J connectivity index is 1.87. The van der Waals surface area contributed by atoms with E-state index in [-0.39, 0.29) is 5.91 Å². The molecule has 4 heteroatoms. The van der Waals surface area contributed by atoms with Gasteiger partial charge in [0.15, 0.2) is 0 Å². The van der Waals surface area contributed by atoms with Crippen molar-refractivity contribution in [2.45, 2.75) is 38.2 Å². The van der Waals surface area contributed by atoms with Crippen LogP contribution in [0.15, 0.2) is 17.5 Å². The molecule has 17 heavy (non-hydrogen) atoms. The zero-order valence-corrected chi connectivity index (χ0v) is 10.9. The van der Waals surface area contributed by atoms with Gasteiger partial charge in [-0.2, -0.15) is 0 Å². The first-order valence-electron chi connectivity index (χ1n) is 6.13. The molecule has 0 saturated heterocycles. The fourth-order valence-corrected chi connectivity index (χ4v) is 3.17. The van der Waals surface area contributed by atoms with Crippen LogP contribution in [0.25, 0.3) is 0 Å². The first kappa shape index (κ1) is 12.6. The Morgan fingerprint density at radius 3 is 3.18 bits per heavy atom. The van der Waals surface area contributed by atoms with Crippen LogP contribution in [-0.4, -0.2) is 23.2 Å². The molecule has 1 aromatic rings. The van der Waals surface area contributed by atoms with Crippen LogP contribution in [0.1, 0.15) is 42.3 Å². The van der Waals surface area contributed by atoms with Gasteiger partial charge in [0.2, 0.25) is 0 Å². The standard InChI is InChI=1S/C13H19NO2S/c1-10-4-2-6-13(16,8-10)9-14-12(15)11-5-3-7-17-11/h3,5,7,10,16H,2,4,6,8-9H2,1H3,(H,14,15). The van der Waals surface area contributed by atoms with Crippen LogP contribution >= 0.6 is 11.3 Å². The van der Waals surface area contributed by atoms with Gasteiger partial charge in [-0.25, -0.2) is 0 Å². The van der Waals surface area contributed by atoms with E-state index in [0.29, 0.717) is 17.3 Å². The molecule has 2 unspecified atom stereocenters. The zero-order valence-electron chi connectivity index (χ0n) is 10.1. The predicted molar refractivity (Wildman–Crippen MR) is 69.2 cm³/mol. The van der Waals surface area contributed by atoms with E-state index in [0.717, 1.165) is 19.3 Å². The molecule has 1 amide bonds. The van der Waals surface area contributed by atoms with Crippen LogP contribution in [0.2, 0.25) is 0 Å². The lowest BCUT2D eigenvalue weighted by Gasteiger charge is -2.35. The van der Waals surface area contributed by atoms with Crippen LogP contribution in [0, 0.1) is 5.92 Å². The van der Waals surface area contributed by atoms with E-state index in [9.17, 15) is 9.90 Å². The minimum atomic E-state index is -0.704. The number of rotatable bonds is 3. The minimum absolute atomic E-state index is 0.0772. The summed E-state index contributed by atoms with van der Waals surface area (Å²) in [5, 5.41) is 15.1. The fraction of sp³-hybridized carbons (Fsp3) is 0.615. The molecule has 1 saturated carbocycles. The number of aliphatic hydroxyl groups is 1. The summed E-state index contributed by atoms with van der Waals surface area (Å²) >= 11 is 1.42. The summed E-state index contributed by atoms with van der Waals surface area (Å²) in [5.41, 5.74) is -0.704. The van der Waals surface area contributed by atoms with Crippen molar-refractivity contribution in [3.05, 3.63) is 22.4 Å². The maximum atomic E-state index is 11.8. The van der Waals surface area contributed by atoms with Crippen LogP contribution in [0.4, 0.5) is 0 Å². The first-order valence-corrected chi connectivity index (χ1v) is 7.01. The Labute approximate surface area is 106 Å². The summed E-state index contributed by atoms with van der Waals surface area (Å²) < 4.78 is 0. The van der Waals surface area contributed by atoms with Crippen LogP contribution < -0.4 is 5.32 Å². The van der Waals surface area contributed by atoms with Crippen molar-refractivity contribution in [3.8, 4) is 0 Å². The molecule has 1 aromatic heterocycles. The molecule has 0 spiro atoms.